The molecule has 1 heterocycles. The average molecular weight is 487 g/mol. The predicted octanol–water partition coefficient (Wildman–Crippen LogP) is 3.45. The molecule has 0 fully saturated rings. The highest BCUT2D eigenvalue weighted by Crippen LogP contribution is 2.30. The number of carbonyl (C=O) groups is 2. The number of nitrogens with zero attached hydrogens (tertiary/aromatic N) is 2. The highest BCUT2D eigenvalue weighted by molar-refractivity contribution is 7.89. The number of hydrogen-bond acceptors (Lipinski definition) is 5. The molecule has 0 spiro atoms. The summed E-state index contributed by atoms with van der Waals surface area (Å²) < 4.78 is 28.0. The van der Waals surface area contributed by atoms with Crippen molar-refractivity contribution in [3.8, 4) is 0 Å². The summed E-state index contributed by atoms with van der Waals surface area (Å²) in [7, 11) is -3.76. The van der Waals surface area contributed by atoms with E-state index in [9.17, 15) is 18.0 Å². The fourth-order valence-electron chi connectivity index (χ4n) is 4.16. The molecule has 8 nitrogen and oxygen atoms in total. The van der Waals surface area contributed by atoms with E-state index in [4.69, 9.17) is 0 Å². The summed E-state index contributed by atoms with van der Waals surface area (Å²) in [5, 5.41) is 2.86. The second kappa shape index (κ2) is 11.0. The molecule has 0 aromatic heterocycles. The van der Waals surface area contributed by atoms with Crippen LogP contribution in [-0.2, 0) is 26.0 Å². The zero-order chi connectivity index (χ0) is 24.9. The van der Waals surface area contributed by atoms with E-state index in [1.165, 1.54) is 6.07 Å². The first-order valence-corrected chi connectivity index (χ1v) is 13.3. The van der Waals surface area contributed by atoms with Gasteiger partial charge >= 0.3 is 0 Å². The van der Waals surface area contributed by atoms with Gasteiger partial charge in [0.15, 0.2) is 0 Å². The maximum Gasteiger partial charge on any atom is 0.240 e. The minimum Gasteiger partial charge on any atom is -0.372 e. The van der Waals surface area contributed by atoms with E-state index in [2.05, 4.69) is 28.8 Å². The predicted molar refractivity (Wildman–Crippen MR) is 136 cm³/mol. The average Bonchev–Trinajstić information content (AvgIpc) is 3.24. The molecular weight excluding hydrogens is 452 g/mol. The molecule has 0 unspecified atom stereocenters. The van der Waals surface area contributed by atoms with Crippen LogP contribution in [0.5, 0.6) is 0 Å². The summed E-state index contributed by atoms with van der Waals surface area (Å²) in [6.07, 6.45) is 1.04. The Hall–Kier alpha value is -2.91. The van der Waals surface area contributed by atoms with Crippen LogP contribution in [0, 0.1) is 6.92 Å². The Labute approximate surface area is 202 Å². The molecule has 34 heavy (non-hydrogen) atoms. The van der Waals surface area contributed by atoms with Crippen LogP contribution in [0.3, 0.4) is 0 Å². The lowest BCUT2D eigenvalue weighted by Crippen LogP contribution is -2.28. The minimum absolute atomic E-state index is 0.0116. The van der Waals surface area contributed by atoms with Crippen LogP contribution in [0.15, 0.2) is 41.3 Å². The molecule has 3 rings (SSSR count). The largest absolute Gasteiger partial charge is 0.372 e. The molecule has 2 aromatic carbocycles. The summed E-state index contributed by atoms with van der Waals surface area (Å²) >= 11 is 0. The van der Waals surface area contributed by atoms with Crippen LogP contribution in [0.25, 0.3) is 0 Å². The molecule has 1 aliphatic rings. The van der Waals surface area contributed by atoms with Gasteiger partial charge in [-0.2, -0.15) is 0 Å². The van der Waals surface area contributed by atoms with E-state index < -0.39 is 10.0 Å². The Kier molecular flexibility index (Phi) is 8.33. The van der Waals surface area contributed by atoms with Gasteiger partial charge in [-0.25, -0.2) is 13.1 Å². The SMILES string of the molecule is CCC(=O)N1CCc2cc(S(=O)(=O)NCCC(=O)Nc3ccc(N(CC)CC)cc3C)ccc21. The number of hydrogen-bond donors (Lipinski definition) is 2. The van der Waals surface area contributed by atoms with Crippen LogP contribution in [-0.4, -0.2) is 46.4 Å². The zero-order valence-electron chi connectivity index (χ0n) is 20.3. The summed E-state index contributed by atoms with van der Waals surface area (Å²) in [5.74, 6) is -0.236. The first-order chi connectivity index (χ1) is 16.2. The number of carbonyl (C=O) groups excluding carboxylic acids is 2. The third-order valence-corrected chi connectivity index (χ3v) is 7.58. The van der Waals surface area contributed by atoms with Crippen molar-refractivity contribution in [3.63, 3.8) is 0 Å². The highest BCUT2D eigenvalue weighted by atomic mass is 32.2. The molecule has 0 aliphatic carbocycles. The van der Waals surface area contributed by atoms with Gasteiger partial charge < -0.3 is 15.1 Å². The van der Waals surface area contributed by atoms with Crippen molar-refractivity contribution in [2.24, 2.45) is 0 Å². The topological polar surface area (TPSA) is 98.8 Å². The molecule has 0 saturated carbocycles. The van der Waals surface area contributed by atoms with Crippen molar-refractivity contribution in [2.45, 2.75) is 51.9 Å². The van der Waals surface area contributed by atoms with Crippen LogP contribution in [0.4, 0.5) is 17.1 Å². The fraction of sp³-hybridized carbons (Fsp3) is 0.440. The van der Waals surface area contributed by atoms with E-state index in [1.54, 1.807) is 17.0 Å². The Balaban J connectivity index is 1.57. The third-order valence-electron chi connectivity index (χ3n) is 6.12. The zero-order valence-corrected chi connectivity index (χ0v) is 21.2. The molecule has 2 amide bonds. The van der Waals surface area contributed by atoms with Gasteiger partial charge in [0.25, 0.3) is 0 Å². The van der Waals surface area contributed by atoms with E-state index in [0.29, 0.717) is 25.1 Å². The van der Waals surface area contributed by atoms with Gasteiger partial charge in [0.05, 0.1) is 4.90 Å². The lowest BCUT2D eigenvalue weighted by atomic mass is 10.1. The number of sulfonamides is 1. The van der Waals surface area contributed by atoms with Crippen LogP contribution in [0.2, 0.25) is 0 Å². The smallest absolute Gasteiger partial charge is 0.240 e. The maximum atomic E-state index is 12.7. The monoisotopic (exact) mass is 486 g/mol. The second-order valence-electron chi connectivity index (χ2n) is 8.31. The lowest BCUT2D eigenvalue weighted by Gasteiger charge is -2.22. The fourth-order valence-corrected chi connectivity index (χ4v) is 5.25. The Morgan fingerprint density at radius 1 is 1.06 bits per heavy atom. The van der Waals surface area contributed by atoms with Crippen LogP contribution >= 0.6 is 0 Å². The maximum absolute atomic E-state index is 12.7. The van der Waals surface area contributed by atoms with E-state index in [-0.39, 0.29) is 29.7 Å². The van der Waals surface area contributed by atoms with E-state index in [1.807, 2.05) is 32.0 Å². The van der Waals surface area contributed by atoms with E-state index >= 15 is 0 Å². The number of rotatable bonds is 10. The Bertz CT molecular complexity index is 1160. The van der Waals surface area contributed by atoms with Gasteiger partial charge in [-0.3, -0.25) is 9.59 Å². The van der Waals surface area contributed by atoms with E-state index in [0.717, 1.165) is 35.6 Å². The molecule has 0 saturated heterocycles. The lowest BCUT2D eigenvalue weighted by molar-refractivity contribution is -0.118. The standard InChI is InChI=1S/C25H34N4O4S/c1-5-25(31)29-15-13-19-17-21(9-11-23(19)29)34(32,33)26-14-12-24(30)27-22-10-8-20(16-18(22)4)28(6-2)7-3/h8-11,16-17,26H,5-7,12-15H2,1-4H3,(H,27,30). The first kappa shape index (κ1) is 25.7. The Morgan fingerprint density at radius 3 is 2.44 bits per heavy atom. The third kappa shape index (κ3) is 5.77. The molecule has 2 N–H and O–H groups in total. The van der Waals surface area contributed by atoms with Crippen LogP contribution < -0.4 is 19.8 Å². The molecule has 1 aliphatic heterocycles. The molecule has 0 radical (unpaired) electrons. The number of nitrogens with one attached hydrogen (secondary N) is 2. The molecule has 0 atom stereocenters. The van der Waals surface area contributed by atoms with Crippen molar-refractivity contribution in [2.75, 3.05) is 41.3 Å². The second-order valence-corrected chi connectivity index (χ2v) is 10.1. The molecular formula is C25H34N4O4S. The van der Waals surface area contributed by atoms with Crippen LogP contribution in [0.1, 0.15) is 44.7 Å². The van der Waals surface area contributed by atoms with Gasteiger partial charge in [0, 0.05) is 56.1 Å². The van der Waals surface area contributed by atoms with Crippen molar-refractivity contribution in [1.29, 1.82) is 0 Å². The first-order valence-electron chi connectivity index (χ1n) is 11.8. The van der Waals surface area contributed by atoms with Crippen molar-refractivity contribution < 1.29 is 18.0 Å². The number of benzene rings is 2. The molecule has 184 valence electrons. The quantitative estimate of drug-likeness (QED) is 0.536. The summed E-state index contributed by atoms with van der Waals surface area (Å²) in [6, 6.07) is 10.7. The Morgan fingerprint density at radius 2 is 1.79 bits per heavy atom. The number of amides is 2. The molecule has 9 heteroatoms. The summed E-state index contributed by atoms with van der Waals surface area (Å²) in [6.45, 7) is 10.3. The summed E-state index contributed by atoms with van der Waals surface area (Å²) in [4.78, 5) is 28.5. The highest BCUT2D eigenvalue weighted by Gasteiger charge is 2.25. The molecule has 2 aromatic rings. The normalized spacial score (nSPS) is 13.0. The van der Waals surface area contributed by atoms with Crippen molar-refractivity contribution in [1.82, 2.24) is 4.72 Å². The van der Waals surface area contributed by atoms with Crippen molar-refractivity contribution in [3.05, 3.63) is 47.5 Å². The van der Waals surface area contributed by atoms with Gasteiger partial charge in [-0.15, -0.1) is 0 Å². The minimum atomic E-state index is -3.76. The van der Waals surface area contributed by atoms with Gasteiger partial charge in [0.1, 0.15) is 0 Å². The number of aryl methyl sites for hydroxylation is 1. The summed E-state index contributed by atoms with van der Waals surface area (Å²) in [5.41, 5.74) is 4.38. The molecule has 0 bridgehead atoms. The van der Waals surface area contributed by atoms with Gasteiger partial charge in [0.2, 0.25) is 21.8 Å². The van der Waals surface area contributed by atoms with Gasteiger partial charge in [-0.05, 0) is 74.7 Å². The van der Waals surface area contributed by atoms with Crippen molar-refractivity contribution >= 4 is 38.9 Å². The number of anilines is 3. The number of fused-ring (bicyclic) bond motifs is 1. The van der Waals surface area contributed by atoms with Gasteiger partial charge in [-0.1, -0.05) is 6.92 Å².